The summed E-state index contributed by atoms with van der Waals surface area (Å²) >= 11 is 0. The van der Waals surface area contributed by atoms with Gasteiger partial charge in [0.25, 0.3) is 5.56 Å². The molecule has 212 valence electrons. The Balaban J connectivity index is 1.45. The molecule has 1 aliphatic heterocycles. The molecular weight excluding hydrogens is 526 g/mol. The predicted molar refractivity (Wildman–Crippen MR) is 156 cm³/mol. The third kappa shape index (κ3) is 5.41. The molecule has 2 aromatic heterocycles. The largest absolute Gasteiger partial charge is 0.497 e. The predicted octanol–water partition coefficient (Wildman–Crippen LogP) is 4.82. The fourth-order valence-electron chi connectivity index (χ4n) is 4.70. The molecule has 40 heavy (non-hydrogen) atoms. The van der Waals surface area contributed by atoms with Crippen molar-refractivity contribution < 1.29 is 13.9 Å². The molecule has 0 bridgehead atoms. The normalized spacial score (nSPS) is 19.8. The summed E-state index contributed by atoms with van der Waals surface area (Å²) < 4.78 is 21.6. The van der Waals surface area contributed by atoms with E-state index >= 15 is 0 Å². The summed E-state index contributed by atoms with van der Waals surface area (Å²) in [6, 6.07) is 11.9. The SMILES string of the molecule is COc1ccc2cc(-c3cn([C@H]4C[C@H](n5cc(C)c(=O)[nH]c5=O)O[C@@H]4CO[Si](C)(C)C(C)(C)C)nn3)ccc2c1. The summed E-state index contributed by atoms with van der Waals surface area (Å²) in [4.78, 5) is 27.0. The van der Waals surface area contributed by atoms with Crippen LogP contribution in [0.3, 0.4) is 0 Å². The lowest BCUT2D eigenvalue weighted by atomic mass is 10.1. The average Bonchev–Trinajstić information content (AvgIpc) is 3.56. The summed E-state index contributed by atoms with van der Waals surface area (Å²) in [7, 11) is -0.405. The zero-order valence-electron chi connectivity index (χ0n) is 24.1. The summed E-state index contributed by atoms with van der Waals surface area (Å²) in [6.07, 6.45) is 3.00. The first kappa shape index (κ1) is 28.0. The number of hydrogen-bond acceptors (Lipinski definition) is 7. The highest BCUT2D eigenvalue weighted by atomic mass is 28.4. The minimum atomic E-state index is -2.06. The van der Waals surface area contributed by atoms with Crippen molar-refractivity contribution in [2.45, 2.75) is 70.6 Å². The van der Waals surface area contributed by atoms with Crippen LogP contribution in [-0.4, -0.2) is 52.7 Å². The maximum absolute atomic E-state index is 12.7. The Bertz CT molecular complexity index is 1650. The first-order valence-corrected chi connectivity index (χ1v) is 16.4. The van der Waals surface area contributed by atoms with Gasteiger partial charge in [-0.2, -0.15) is 0 Å². The second-order valence-electron chi connectivity index (χ2n) is 12.0. The van der Waals surface area contributed by atoms with E-state index in [0.29, 0.717) is 18.6 Å². The Labute approximate surface area is 234 Å². The Morgan fingerprint density at radius 2 is 1.82 bits per heavy atom. The molecule has 1 N–H and O–H groups in total. The molecule has 4 aromatic rings. The molecule has 0 radical (unpaired) electrons. The van der Waals surface area contributed by atoms with E-state index in [1.54, 1.807) is 20.2 Å². The summed E-state index contributed by atoms with van der Waals surface area (Å²) in [5.41, 5.74) is 1.22. The van der Waals surface area contributed by atoms with Crippen molar-refractivity contribution in [3.8, 4) is 17.0 Å². The number of aryl methyl sites for hydroxylation is 1. The fourth-order valence-corrected chi connectivity index (χ4v) is 5.72. The van der Waals surface area contributed by atoms with Crippen LogP contribution in [-0.2, 0) is 9.16 Å². The number of aromatic nitrogens is 5. The van der Waals surface area contributed by atoms with E-state index in [2.05, 4.69) is 55.2 Å². The van der Waals surface area contributed by atoms with Gasteiger partial charge in [0.05, 0.1) is 26.0 Å². The van der Waals surface area contributed by atoms with E-state index in [1.165, 1.54) is 4.57 Å². The van der Waals surface area contributed by atoms with Crippen LogP contribution in [0.5, 0.6) is 5.75 Å². The lowest BCUT2D eigenvalue weighted by Gasteiger charge is -2.37. The molecule has 1 fully saturated rings. The number of H-pyrrole nitrogens is 1. The number of rotatable bonds is 7. The standard InChI is InChI=1S/C29H37N5O5Si/c1-18-15-33(28(36)30-27(18)35)26-14-24(25(39-26)17-38-40(6,7)29(2,3)4)34-16-23(31-32-34)21-9-8-20-13-22(37-5)11-10-19(20)12-21/h8-13,15-16,24-26H,14,17H2,1-7H3,(H,30,35,36)/t24-,25+,26+/m0/s1. The number of methoxy groups -OCH3 is 1. The van der Waals surface area contributed by atoms with E-state index in [1.807, 2.05) is 41.2 Å². The summed E-state index contributed by atoms with van der Waals surface area (Å²) in [5, 5.41) is 11.2. The Kier molecular flexibility index (Phi) is 7.32. The molecule has 0 spiro atoms. The molecule has 11 heteroatoms. The van der Waals surface area contributed by atoms with Gasteiger partial charge in [0.15, 0.2) is 8.32 Å². The van der Waals surface area contributed by atoms with Crippen LogP contribution >= 0.6 is 0 Å². The molecule has 1 aliphatic rings. The average molecular weight is 564 g/mol. The Morgan fingerprint density at radius 1 is 1.10 bits per heavy atom. The van der Waals surface area contributed by atoms with E-state index in [4.69, 9.17) is 13.9 Å². The number of benzene rings is 2. The van der Waals surface area contributed by atoms with Gasteiger partial charge in [0.1, 0.15) is 23.8 Å². The van der Waals surface area contributed by atoms with Crippen LogP contribution in [0.4, 0.5) is 0 Å². The van der Waals surface area contributed by atoms with Gasteiger partial charge in [0, 0.05) is 23.7 Å². The molecular formula is C29H37N5O5Si. The molecule has 0 unspecified atom stereocenters. The van der Waals surface area contributed by atoms with E-state index < -0.39 is 25.8 Å². The van der Waals surface area contributed by atoms with E-state index in [0.717, 1.165) is 27.8 Å². The first-order valence-electron chi connectivity index (χ1n) is 13.5. The maximum atomic E-state index is 12.7. The highest BCUT2D eigenvalue weighted by Crippen LogP contribution is 2.40. The van der Waals surface area contributed by atoms with Gasteiger partial charge in [-0.1, -0.05) is 44.2 Å². The van der Waals surface area contributed by atoms with Gasteiger partial charge in [-0.05, 0) is 54.0 Å². The molecule has 0 aliphatic carbocycles. The molecule has 3 heterocycles. The monoisotopic (exact) mass is 563 g/mol. The van der Waals surface area contributed by atoms with Gasteiger partial charge in [-0.3, -0.25) is 14.3 Å². The van der Waals surface area contributed by atoms with Crippen LogP contribution in [0.15, 0.2) is 58.4 Å². The van der Waals surface area contributed by atoms with Crippen LogP contribution in [0.2, 0.25) is 18.1 Å². The zero-order chi connectivity index (χ0) is 28.8. The van der Waals surface area contributed by atoms with Crippen LogP contribution < -0.4 is 16.0 Å². The highest BCUT2D eigenvalue weighted by molar-refractivity contribution is 6.74. The lowest BCUT2D eigenvalue weighted by Crippen LogP contribution is -2.43. The van der Waals surface area contributed by atoms with Crippen molar-refractivity contribution in [3.63, 3.8) is 0 Å². The van der Waals surface area contributed by atoms with Crippen molar-refractivity contribution in [2.75, 3.05) is 13.7 Å². The minimum absolute atomic E-state index is 0.0357. The highest BCUT2D eigenvalue weighted by Gasteiger charge is 2.43. The third-order valence-electron chi connectivity index (χ3n) is 8.27. The number of fused-ring (bicyclic) bond motifs is 1. The lowest BCUT2D eigenvalue weighted by molar-refractivity contribution is -0.0298. The van der Waals surface area contributed by atoms with Crippen molar-refractivity contribution >= 4 is 19.1 Å². The Morgan fingerprint density at radius 3 is 2.55 bits per heavy atom. The van der Waals surface area contributed by atoms with Crippen LogP contribution in [0.25, 0.3) is 22.0 Å². The topological polar surface area (TPSA) is 113 Å². The number of nitrogens with one attached hydrogen (secondary N) is 1. The van der Waals surface area contributed by atoms with E-state index in [9.17, 15) is 9.59 Å². The van der Waals surface area contributed by atoms with Crippen molar-refractivity contribution in [2.24, 2.45) is 0 Å². The molecule has 2 aromatic carbocycles. The van der Waals surface area contributed by atoms with Crippen LogP contribution in [0, 0.1) is 6.92 Å². The Hall–Kier alpha value is -3.54. The molecule has 0 amide bonds. The first-order chi connectivity index (χ1) is 18.9. The minimum Gasteiger partial charge on any atom is -0.497 e. The van der Waals surface area contributed by atoms with Gasteiger partial charge >= 0.3 is 5.69 Å². The number of aromatic amines is 1. The number of hydrogen-bond donors (Lipinski definition) is 1. The molecule has 3 atom stereocenters. The second kappa shape index (κ2) is 10.5. The quantitative estimate of drug-likeness (QED) is 0.321. The molecule has 1 saturated heterocycles. The van der Waals surface area contributed by atoms with Crippen molar-refractivity contribution in [1.82, 2.24) is 24.5 Å². The van der Waals surface area contributed by atoms with Gasteiger partial charge in [-0.25, -0.2) is 9.48 Å². The van der Waals surface area contributed by atoms with Crippen LogP contribution in [0.1, 0.15) is 45.0 Å². The number of ether oxygens (including phenoxy) is 2. The molecule has 0 saturated carbocycles. The van der Waals surface area contributed by atoms with Gasteiger partial charge in [0.2, 0.25) is 0 Å². The zero-order valence-corrected chi connectivity index (χ0v) is 25.1. The van der Waals surface area contributed by atoms with Crippen molar-refractivity contribution in [1.29, 1.82) is 0 Å². The van der Waals surface area contributed by atoms with Gasteiger partial charge < -0.3 is 13.9 Å². The summed E-state index contributed by atoms with van der Waals surface area (Å²) in [5.74, 6) is 0.810. The maximum Gasteiger partial charge on any atom is 0.330 e. The van der Waals surface area contributed by atoms with Crippen molar-refractivity contribution in [3.05, 3.63) is 75.2 Å². The fraction of sp³-hybridized carbons (Fsp3) is 0.448. The summed E-state index contributed by atoms with van der Waals surface area (Å²) in [6.45, 7) is 13.0. The van der Waals surface area contributed by atoms with E-state index in [-0.39, 0.29) is 17.2 Å². The smallest absolute Gasteiger partial charge is 0.330 e. The molecule has 10 nitrogen and oxygen atoms in total. The van der Waals surface area contributed by atoms with Gasteiger partial charge in [-0.15, -0.1) is 5.10 Å². The third-order valence-corrected chi connectivity index (χ3v) is 12.8. The molecule has 5 rings (SSSR count). The number of nitrogens with zero attached hydrogens (tertiary/aromatic N) is 4. The second-order valence-corrected chi connectivity index (χ2v) is 16.8.